The van der Waals surface area contributed by atoms with Gasteiger partial charge in [0, 0.05) is 5.57 Å². The van der Waals surface area contributed by atoms with Crippen LogP contribution in [0.3, 0.4) is 0 Å². The lowest BCUT2D eigenvalue weighted by molar-refractivity contribution is -0.151. The summed E-state index contributed by atoms with van der Waals surface area (Å²) in [6.07, 6.45) is 0.650. The highest BCUT2D eigenvalue weighted by molar-refractivity contribution is 5.94. The van der Waals surface area contributed by atoms with Crippen LogP contribution in [0, 0.1) is 0 Å². The van der Waals surface area contributed by atoms with E-state index in [1.165, 1.54) is 6.92 Å². The Hall–Kier alpha value is -1.65. The van der Waals surface area contributed by atoms with E-state index in [-0.39, 0.29) is 30.3 Å². The molecule has 0 rings (SSSR count). The van der Waals surface area contributed by atoms with Crippen LogP contribution < -0.4 is 0 Å². The number of carbonyl (C=O) groups excluding carboxylic acids is 2. The first-order valence-corrected chi connectivity index (χ1v) is 5.46. The van der Waals surface area contributed by atoms with E-state index < -0.39 is 11.9 Å². The summed E-state index contributed by atoms with van der Waals surface area (Å²) in [5, 5.41) is 8.62. The molecular formula is C12H18O5. The molecule has 0 amide bonds. The summed E-state index contributed by atoms with van der Waals surface area (Å²) in [7, 11) is 0. The van der Waals surface area contributed by atoms with E-state index in [0.29, 0.717) is 12.8 Å². The SMILES string of the molecule is C=C(CCC(CC)OC(=O)CC(C)=O)C(=O)O. The highest BCUT2D eigenvalue weighted by Gasteiger charge is 2.15. The quantitative estimate of drug-likeness (QED) is 0.398. The molecule has 1 atom stereocenters. The van der Waals surface area contributed by atoms with Crippen molar-refractivity contribution in [3.63, 3.8) is 0 Å². The van der Waals surface area contributed by atoms with Gasteiger partial charge in [0.25, 0.3) is 0 Å². The van der Waals surface area contributed by atoms with E-state index >= 15 is 0 Å². The second kappa shape index (κ2) is 7.60. The van der Waals surface area contributed by atoms with Crippen molar-refractivity contribution in [2.45, 2.75) is 45.6 Å². The number of ether oxygens (including phenoxy) is 1. The zero-order valence-corrected chi connectivity index (χ0v) is 10.2. The summed E-state index contributed by atoms with van der Waals surface area (Å²) in [4.78, 5) is 32.4. The van der Waals surface area contributed by atoms with Gasteiger partial charge in [0.05, 0.1) is 0 Å². The van der Waals surface area contributed by atoms with Gasteiger partial charge in [0.1, 0.15) is 18.3 Å². The maximum atomic E-state index is 11.2. The van der Waals surface area contributed by atoms with Crippen LogP contribution >= 0.6 is 0 Å². The normalized spacial score (nSPS) is 11.6. The van der Waals surface area contributed by atoms with Crippen LogP contribution in [0.1, 0.15) is 39.5 Å². The predicted octanol–water partition coefficient (Wildman–Crippen LogP) is 1.71. The molecule has 0 aliphatic heterocycles. The molecule has 0 aliphatic carbocycles. The van der Waals surface area contributed by atoms with Crippen LogP contribution in [0.25, 0.3) is 0 Å². The minimum Gasteiger partial charge on any atom is -0.478 e. The summed E-state index contributed by atoms with van der Waals surface area (Å²) in [6, 6.07) is 0. The number of hydrogen-bond acceptors (Lipinski definition) is 4. The third-order valence-corrected chi connectivity index (χ3v) is 2.22. The van der Waals surface area contributed by atoms with Crippen molar-refractivity contribution >= 4 is 17.7 Å². The lowest BCUT2D eigenvalue weighted by Gasteiger charge is -2.15. The molecule has 0 radical (unpaired) electrons. The van der Waals surface area contributed by atoms with Crippen molar-refractivity contribution in [2.24, 2.45) is 0 Å². The van der Waals surface area contributed by atoms with E-state index in [1.807, 2.05) is 6.92 Å². The number of esters is 1. The van der Waals surface area contributed by atoms with Crippen LogP contribution in [0.5, 0.6) is 0 Å². The fourth-order valence-corrected chi connectivity index (χ4v) is 1.22. The fourth-order valence-electron chi connectivity index (χ4n) is 1.22. The third-order valence-electron chi connectivity index (χ3n) is 2.22. The van der Waals surface area contributed by atoms with Crippen LogP contribution in [0.2, 0.25) is 0 Å². The van der Waals surface area contributed by atoms with Gasteiger partial charge in [-0.15, -0.1) is 0 Å². The Kier molecular flexibility index (Phi) is 6.86. The molecule has 17 heavy (non-hydrogen) atoms. The Bertz CT molecular complexity index is 319. The van der Waals surface area contributed by atoms with Crippen molar-refractivity contribution < 1.29 is 24.2 Å². The van der Waals surface area contributed by atoms with Crippen LogP contribution in [-0.2, 0) is 19.1 Å². The topological polar surface area (TPSA) is 80.7 Å². The average molecular weight is 242 g/mol. The standard InChI is InChI=1S/C12H18O5/c1-4-10(6-5-8(2)12(15)16)17-11(14)7-9(3)13/h10H,2,4-7H2,1,3H3,(H,15,16). The second-order valence-electron chi connectivity index (χ2n) is 3.85. The Labute approximate surface area is 100 Å². The molecule has 0 bridgehead atoms. The van der Waals surface area contributed by atoms with Gasteiger partial charge in [-0.2, -0.15) is 0 Å². The van der Waals surface area contributed by atoms with Gasteiger partial charge in [-0.3, -0.25) is 9.59 Å². The number of carboxylic acid groups (broad SMARTS) is 1. The highest BCUT2D eigenvalue weighted by atomic mass is 16.5. The maximum absolute atomic E-state index is 11.2. The Morgan fingerprint density at radius 2 is 1.94 bits per heavy atom. The first-order chi connectivity index (χ1) is 7.86. The van der Waals surface area contributed by atoms with Crippen molar-refractivity contribution in [2.75, 3.05) is 0 Å². The number of hydrogen-bond donors (Lipinski definition) is 1. The van der Waals surface area contributed by atoms with E-state index in [4.69, 9.17) is 9.84 Å². The molecule has 0 saturated heterocycles. The summed E-state index contributed by atoms with van der Waals surface area (Å²) in [5.74, 6) is -1.86. The Morgan fingerprint density at radius 3 is 2.35 bits per heavy atom. The number of rotatable bonds is 8. The molecule has 0 fully saturated rings. The van der Waals surface area contributed by atoms with E-state index in [0.717, 1.165) is 0 Å². The molecule has 0 aromatic rings. The minimum atomic E-state index is -1.05. The summed E-state index contributed by atoms with van der Waals surface area (Å²) in [5.41, 5.74) is 0.0890. The van der Waals surface area contributed by atoms with Crippen LogP contribution in [-0.4, -0.2) is 28.9 Å². The first kappa shape index (κ1) is 15.3. The molecule has 0 heterocycles. The fraction of sp³-hybridized carbons (Fsp3) is 0.583. The van der Waals surface area contributed by atoms with Gasteiger partial charge in [-0.25, -0.2) is 4.79 Å². The van der Waals surface area contributed by atoms with E-state index in [9.17, 15) is 14.4 Å². The summed E-state index contributed by atoms with van der Waals surface area (Å²) >= 11 is 0. The zero-order valence-electron chi connectivity index (χ0n) is 10.2. The van der Waals surface area contributed by atoms with Gasteiger partial charge < -0.3 is 9.84 Å². The van der Waals surface area contributed by atoms with Crippen molar-refractivity contribution in [3.05, 3.63) is 12.2 Å². The molecule has 0 aromatic carbocycles. The monoisotopic (exact) mass is 242 g/mol. The molecule has 1 unspecified atom stereocenters. The molecule has 0 aromatic heterocycles. The van der Waals surface area contributed by atoms with Crippen molar-refractivity contribution in [1.29, 1.82) is 0 Å². The molecule has 0 spiro atoms. The second-order valence-corrected chi connectivity index (χ2v) is 3.85. The molecule has 0 aliphatic rings. The maximum Gasteiger partial charge on any atom is 0.330 e. The van der Waals surface area contributed by atoms with E-state index in [2.05, 4.69) is 6.58 Å². The molecule has 0 saturated carbocycles. The first-order valence-electron chi connectivity index (χ1n) is 5.46. The van der Waals surface area contributed by atoms with Crippen molar-refractivity contribution in [1.82, 2.24) is 0 Å². The lowest BCUT2D eigenvalue weighted by Crippen LogP contribution is -2.19. The largest absolute Gasteiger partial charge is 0.478 e. The van der Waals surface area contributed by atoms with Crippen LogP contribution in [0.4, 0.5) is 0 Å². The third kappa shape index (κ3) is 7.27. The molecule has 1 N–H and O–H groups in total. The lowest BCUT2D eigenvalue weighted by atomic mass is 10.1. The number of Topliss-reactive ketones (excluding diaryl/α,β-unsaturated/α-hetero) is 1. The van der Waals surface area contributed by atoms with Gasteiger partial charge in [0.15, 0.2) is 0 Å². The predicted molar refractivity (Wildman–Crippen MR) is 61.5 cm³/mol. The van der Waals surface area contributed by atoms with Crippen LogP contribution in [0.15, 0.2) is 12.2 Å². The number of ketones is 1. The Balaban J connectivity index is 4.08. The number of carboxylic acids is 1. The smallest absolute Gasteiger partial charge is 0.330 e. The zero-order chi connectivity index (χ0) is 13.4. The Morgan fingerprint density at radius 1 is 1.35 bits per heavy atom. The molecule has 5 heteroatoms. The van der Waals surface area contributed by atoms with Gasteiger partial charge in [-0.05, 0) is 26.2 Å². The molecule has 96 valence electrons. The molecule has 5 nitrogen and oxygen atoms in total. The highest BCUT2D eigenvalue weighted by Crippen LogP contribution is 2.12. The molecular weight excluding hydrogens is 224 g/mol. The average Bonchev–Trinajstić information content (AvgIpc) is 2.22. The number of carbonyl (C=O) groups is 3. The number of aliphatic carboxylic acids is 1. The van der Waals surface area contributed by atoms with Gasteiger partial charge in [-0.1, -0.05) is 13.5 Å². The summed E-state index contributed by atoms with van der Waals surface area (Å²) in [6.45, 7) is 6.54. The summed E-state index contributed by atoms with van der Waals surface area (Å²) < 4.78 is 5.05. The van der Waals surface area contributed by atoms with E-state index in [1.54, 1.807) is 0 Å². The van der Waals surface area contributed by atoms with Gasteiger partial charge in [0.2, 0.25) is 0 Å². The van der Waals surface area contributed by atoms with Crippen molar-refractivity contribution in [3.8, 4) is 0 Å². The van der Waals surface area contributed by atoms with Gasteiger partial charge >= 0.3 is 11.9 Å². The minimum absolute atomic E-state index is 0.0890.